The van der Waals surface area contributed by atoms with Crippen molar-refractivity contribution in [1.82, 2.24) is 9.80 Å². The fourth-order valence-electron chi connectivity index (χ4n) is 3.96. The quantitative estimate of drug-likeness (QED) is 0.663. The lowest BCUT2D eigenvalue weighted by molar-refractivity contribution is -0.120. The summed E-state index contributed by atoms with van der Waals surface area (Å²) in [7, 11) is 0. The topological polar surface area (TPSA) is 43.9 Å². The van der Waals surface area contributed by atoms with Crippen LogP contribution in [0.5, 0.6) is 0 Å². The fraction of sp³-hybridized carbons (Fsp3) is 0.304. The molecule has 2 aliphatic rings. The highest BCUT2D eigenvalue weighted by atomic mass is 35.5. The van der Waals surface area contributed by atoms with Crippen molar-refractivity contribution in [3.63, 3.8) is 0 Å². The van der Waals surface area contributed by atoms with Crippen molar-refractivity contribution in [1.29, 1.82) is 0 Å². The number of hydrogen-bond acceptors (Lipinski definition) is 4. The lowest BCUT2D eigenvalue weighted by atomic mass is 10.0. The van der Waals surface area contributed by atoms with Crippen LogP contribution < -0.4 is 4.90 Å². The SMILES string of the molecule is CCN1CCN(C2=C(c3ccc(Cl)cc3Cl)C(=O)N(c3ccc(C)cc3)C2=O)CC1. The first-order chi connectivity index (χ1) is 14.4. The lowest BCUT2D eigenvalue weighted by Crippen LogP contribution is -2.47. The molecular weight excluding hydrogens is 421 g/mol. The summed E-state index contributed by atoms with van der Waals surface area (Å²) >= 11 is 12.5. The molecule has 2 aliphatic heterocycles. The molecular formula is C23H23Cl2N3O2. The molecule has 1 saturated heterocycles. The maximum atomic E-state index is 13.5. The Morgan fingerprint density at radius 3 is 2.17 bits per heavy atom. The number of piperazine rings is 1. The number of imide groups is 1. The molecule has 156 valence electrons. The Balaban J connectivity index is 1.81. The van der Waals surface area contributed by atoms with Crippen LogP contribution in [0.3, 0.4) is 0 Å². The van der Waals surface area contributed by atoms with Crippen LogP contribution in [0.15, 0.2) is 48.2 Å². The minimum atomic E-state index is -0.360. The average Bonchev–Trinajstić information content (AvgIpc) is 2.99. The Labute approximate surface area is 186 Å². The third-order valence-corrected chi connectivity index (χ3v) is 6.24. The minimum Gasteiger partial charge on any atom is -0.364 e. The van der Waals surface area contributed by atoms with Crippen LogP contribution >= 0.6 is 23.2 Å². The van der Waals surface area contributed by atoms with Gasteiger partial charge in [0.05, 0.1) is 16.3 Å². The third kappa shape index (κ3) is 3.73. The van der Waals surface area contributed by atoms with Gasteiger partial charge in [-0.25, -0.2) is 4.90 Å². The van der Waals surface area contributed by atoms with Crippen molar-refractivity contribution in [2.45, 2.75) is 13.8 Å². The van der Waals surface area contributed by atoms with Gasteiger partial charge in [-0.3, -0.25) is 9.59 Å². The number of rotatable bonds is 4. The Morgan fingerprint density at radius 2 is 1.57 bits per heavy atom. The number of amides is 2. The lowest BCUT2D eigenvalue weighted by Gasteiger charge is -2.36. The molecule has 0 spiro atoms. The van der Waals surface area contributed by atoms with Crippen molar-refractivity contribution in [2.24, 2.45) is 0 Å². The number of benzene rings is 2. The molecule has 0 N–H and O–H groups in total. The van der Waals surface area contributed by atoms with Gasteiger partial charge in [-0.05, 0) is 37.7 Å². The van der Waals surface area contributed by atoms with E-state index < -0.39 is 0 Å². The van der Waals surface area contributed by atoms with E-state index in [2.05, 4.69) is 11.8 Å². The summed E-state index contributed by atoms with van der Waals surface area (Å²) in [5, 5.41) is 0.837. The van der Waals surface area contributed by atoms with E-state index >= 15 is 0 Å². The first-order valence-corrected chi connectivity index (χ1v) is 10.8. The summed E-state index contributed by atoms with van der Waals surface area (Å²) in [6.45, 7) is 8.09. The van der Waals surface area contributed by atoms with Gasteiger partial charge in [0, 0.05) is 36.8 Å². The van der Waals surface area contributed by atoms with Gasteiger partial charge in [0.15, 0.2) is 0 Å². The smallest absolute Gasteiger partial charge is 0.282 e. The van der Waals surface area contributed by atoms with Gasteiger partial charge in [-0.2, -0.15) is 0 Å². The summed E-state index contributed by atoms with van der Waals surface area (Å²) in [4.78, 5) is 32.7. The van der Waals surface area contributed by atoms with Gasteiger partial charge in [-0.15, -0.1) is 0 Å². The molecule has 0 unspecified atom stereocenters. The molecule has 0 aromatic heterocycles. The number of carbonyl (C=O) groups is 2. The van der Waals surface area contributed by atoms with E-state index in [9.17, 15) is 9.59 Å². The second kappa shape index (κ2) is 8.42. The number of nitrogens with zero attached hydrogens (tertiary/aromatic N) is 3. The molecule has 0 atom stereocenters. The molecule has 2 heterocycles. The molecule has 5 nitrogen and oxygen atoms in total. The summed E-state index contributed by atoms with van der Waals surface area (Å²) in [5.74, 6) is -0.671. The Bertz CT molecular complexity index is 1030. The normalized spacial score (nSPS) is 18.0. The number of hydrogen-bond donors (Lipinski definition) is 0. The summed E-state index contributed by atoms with van der Waals surface area (Å²) in [6.07, 6.45) is 0. The minimum absolute atomic E-state index is 0.310. The highest BCUT2D eigenvalue weighted by molar-refractivity contribution is 6.47. The Hall–Kier alpha value is -2.34. The molecule has 7 heteroatoms. The zero-order valence-corrected chi connectivity index (χ0v) is 18.5. The van der Waals surface area contributed by atoms with Crippen LogP contribution in [0, 0.1) is 6.92 Å². The summed E-state index contributed by atoms with van der Waals surface area (Å²) in [5.41, 5.74) is 2.90. The Morgan fingerprint density at radius 1 is 0.900 bits per heavy atom. The van der Waals surface area contributed by atoms with Gasteiger partial charge >= 0.3 is 0 Å². The molecule has 30 heavy (non-hydrogen) atoms. The van der Waals surface area contributed by atoms with Crippen LogP contribution in [-0.4, -0.2) is 54.3 Å². The summed E-state index contributed by atoms with van der Waals surface area (Å²) < 4.78 is 0. The standard InChI is InChI=1S/C23H23Cl2N3O2/c1-3-26-10-12-27(13-11-26)21-20(18-9-6-16(24)14-19(18)25)22(29)28(23(21)30)17-7-4-15(2)5-8-17/h4-9,14H,3,10-13H2,1-2H3. The molecule has 2 aromatic rings. The third-order valence-electron chi connectivity index (χ3n) is 5.69. The number of halogens is 2. The monoisotopic (exact) mass is 443 g/mol. The Kier molecular flexibility index (Phi) is 5.87. The zero-order valence-electron chi connectivity index (χ0n) is 17.0. The molecule has 1 fully saturated rings. The van der Waals surface area contributed by atoms with E-state index in [1.165, 1.54) is 4.90 Å². The molecule has 0 aliphatic carbocycles. The second-order valence-electron chi connectivity index (χ2n) is 7.55. The van der Waals surface area contributed by atoms with Crippen molar-refractivity contribution in [3.05, 3.63) is 69.3 Å². The van der Waals surface area contributed by atoms with Crippen molar-refractivity contribution in [3.8, 4) is 0 Å². The molecule has 0 radical (unpaired) electrons. The molecule has 2 aromatic carbocycles. The van der Waals surface area contributed by atoms with Gasteiger partial charge in [0.2, 0.25) is 0 Å². The second-order valence-corrected chi connectivity index (χ2v) is 8.39. The van der Waals surface area contributed by atoms with Crippen LogP contribution in [0.4, 0.5) is 5.69 Å². The molecule has 0 saturated carbocycles. The predicted octanol–water partition coefficient (Wildman–Crippen LogP) is 4.22. The van der Waals surface area contributed by atoms with Gasteiger partial charge in [0.1, 0.15) is 5.70 Å². The first-order valence-electron chi connectivity index (χ1n) is 10.0. The number of likely N-dealkylation sites (N-methyl/N-ethyl adjacent to an activating group) is 1. The summed E-state index contributed by atoms with van der Waals surface area (Å²) in [6, 6.07) is 12.4. The van der Waals surface area contributed by atoms with Crippen LogP contribution in [-0.2, 0) is 9.59 Å². The zero-order chi connectivity index (χ0) is 21.4. The largest absolute Gasteiger partial charge is 0.364 e. The van der Waals surface area contributed by atoms with Crippen molar-refractivity contribution >= 4 is 46.3 Å². The predicted molar refractivity (Wildman–Crippen MR) is 121 cm³/mol. The van der Waals surface area contributed by atoms with E-state index in [1.54, 1.807) is 30.3 Å². The number of anilines is 1. The number of carbonyl (C=O) groups excluding carboxylic acids is 2. The maximum Gasteiger partial charge on any atom is 0.282 e. The highest BCUT2D eigenvalue weighted by Gasteiger charge is 2.43. The molecule has 0 bridgehead atoms. The van der Waals surface area contributed by atoms with Crippen molar-refractivity contribution in [2.75, 3.05) is 37.6 Å². The van der Waals surface area contributed by atoms with E-state index in [-0.39, 0.29) is 11.8 Å². The van der Waals surface area contributed by atoms with Crippen LogP contribution in [0.1, 0.15) is 18.1 Å². The van der Waals surface area contributed by atoms with E-state index in [4.69, 9.17) is 23.2 Å². The van der Waals surface area contributed by atoms with Crippen LogP contribution in [0.2, 0.25) is 10.0 Å². The van der Waals surface area contributed by atoms with Crippen molar-refractivity contribution < 1.29 is 9.59 Å². The fourth-order valence-corrected chi connectivity index (χ4v) is 4.47. The average molecular weight is 444 g/mol. The first kappa shape index (κ1) is 20.9. The van der Waals surface area contributed by atoms with Gasteiger partial charge < -0.3 is 9.80 Å². The van der Waals surface area contributed by atoms with Crippen LogP contribution in [0.25, 0.3) is 5.57 Å². The van der Waals surface area contributed by atoms with Gasteiger partial charge in [-0.1, -0.05) is 53.9 Å². The van der Waals surface area contributed by atoms with E-state index in [1.807, 2.05) is 24.0 Å². The molecule has 4 rings (SSSR count). The number of aryl methyl sites for hydroxylation is 1. The maximum absolute atomic E-state index is 13.5. The van der Waals surface area contributed by atoms with E-state index in [0.29, 0.717) is 45.7 Å². The van der Waals surface area contributed by atoms with Gasteiger partial charge in [0.25, 0.3) is 11.8 Å². The van der Waals surface area contributed by atoms with E-state index in [0.717, 1.165) is 25.2 Å². The molecule has 2 amide bonds. The highest BCUT2D eigenvalue weighted by Crippen LogP contribution is 2.38.